The van der Waals surface area contributed by atoms with E-state index in [-0.39, 0.29) is 18.0 Å². The monoisotopic (exact) mass is 379 g/mol. The first-order chi connectivity index (χ1) is 12.9. The molecule has 0 heterocycles. The molecule has 0 aromatic heterocycles. The van der Waals surface area contributed by atoms with Crippen LogP contribution in [0.5, 0.6) is 0 Å². The van der Waals surface area contributed by atoms with Crippen LogP contribution in [0.25, 0.3) is 10.8 Å². The Bertz CT molecular complexity index is 972. The molecule has 3 rings (SSSR count). The van der Waals surface area contributed by atoms with Gasteiger partial charge in [0.1, 0.15) is 0 Å². The van der Waals surface area contributed by atoms with E-state index in [0.717, 1.165) is 10.8 Å². The summed E-state index contributed by atoms with van der Waals surface area (Å²) in [7, 11) is -1.43. The average molecular weight is 380 g/mol. The number of carbonyl (C=O) groups is 1. The van der Waals surface area contributed by atoms with Crippen LogP contribution in [-0.2, 0) is 10.8 Å². The lowest BCUT2D eigenvalue weighted by Crippen LogP contribution is -2.42. The van der Waals surface area contributed by atoms with E-state index in [2.05, 4.69) is 0 Å². The Morgan fingerprint density at radius 3 is 2.04 bits per heavy atom. The number of nitrogens with zero attached hydrogens (tertiary/aromatic N) is 1. The van der Waals surface area contributed by atoms with Crippen molar-refractivity contribution in [1.82, 2.24) is 4.90 Å². The van der Waals surface area contributed by atoms with E-state index >= 15 is 0 Å². The number of carbonyl (C=O) groups excluding carboxylic acids is 1. The molecule has 0 N–H and O–H groups in total. The minimum absolute atomic E-state index is 0.0504. The van der Waals surface area contributed by atoms with Crippen LogP contribution in [-0.4, -0.2) is 27.1 Å². The largest absolute Gasteiger partial charge is 0.334 e. The topological polar surface area (TPSA) is 37.4 Å². The van der Waals surface area contributed by atoms with Crippen LogP contribution in [0, 0.1) is 0 Å². The maximum absolute atomic E-state index is 13.6. The molecule has 1 atom stereocenters. The summed E-state index contributed by atoms with van der Waals surface area (Å²) in [6.45, 7) is 8.04. The fourth-order valence-corrected chi connectivity index (χ4v) is 4.72. The van der Waals surface area contributed by atoms with Gasteiger partial charge in [0, 0.05) is 17.0 Å². The number of hydrogen-bond acceptors (Lipinski definition) is 2. The molecule has 3 aromatic carbocycles. The van der Waals surface area contributed by atoms with Gasteiger partial charge >= 0.3 is 0 Å². The third-order valence-electron chi connectivity index (χ3n) is 4.61. The lowest BCUT2D eigenvalue weighted by atomic mass is 10.0. The molecule has 140 valence electrons. The number of rotatable bonds is 5. The van der Waals surface area contributed by atoms with Gasteiger partial charge in [0.05, 0.1) is 21.3 Å². The van der Waals surface area contributed by atoms with Crippen molar-refractivity contribution in [2.24, 2.45) is 0 Å². The van der Waals surface area contributed by atoms with Crippen molar-refractivity contribution in [2.45, 2.75) is 49.6 Å². The second-order valence-corrected chi connectivity index (χ2v) is 8.59. The summed E-state index contributed by atoms with van der Waals surface area (Å²) in [6, 6.07) is 21.0. The van der Waals surface area contributed by atoms with Crippen LogP contribution >= 0.6 is 0 Å². The van der Waals surface area contributed by atoms with Crippen molar-refractivity contribution < 1.29 is 9.00 Å². The molecule has 1 amide bonds. The standard InChI is InChI=1S/C23H25NO2S/c1-16(2)24(17(3)4)23(25)22-20-13-9-8-10-18(20)14-15-21(22)27(26)19-11-6-5-7-12-19/h5-17H,1-4H3. The van der Waals surface area contributed by atoms with Gasteiger partial charge in [0.15, 0.2) is 0 Å². The normalized spacial score (nSPS) is 12.5. The maximum atomic E-state index is 13.6. The Labute approximate surface area is 163 Å². The number of benzene rings is 3. The second kappa shape index (κ2) is 8.05. The zero-order valence-electron chi connectivity index (χ0n) is 16.2. The molecule has 0 bridgehead atoms. The summed E-state index contributed by atoms with van der Waals surface area (Å²) in [4.78, 5) is 16.7. The summed E-state index contributed by atoms with van der Waals surface area (Å²) in [5.74, 6) is -0.0731. The van der Waals surface area contributed by atoms with Crippen LogP contribution in [0.2, 0.25) is 0 Å². The van der Waals surface area contributed by atoms with Gasteiger partial charge in [-0.05, 0) is 56.7 Å². The molecule has 0 spiro atoms. The Morgan fingerprint density at radius 2 is 1.41 bits per heavy atom. The number of fused-ring (bicyclic) bond motifs is 1. The molecule has 0 aliphatic heterocycles. The predicted molar refractivity (Wildman–Crippen MR) is 112 cm³/mol. The Kier molecular flexibility index (Phi) is 5.76. The molecule has 4 heteroatoms. The highest BCUT2D eigenvalue weighted by Gasteiger charge is 2.27. The van der Waals surface area contributed by atoms with E-state index in [0.29, 0.717) is 15.4 Å². The highest BCUT2D eigenvalue weighted by molar-refractivity contribution is 7.85. The lowest BCUT2D eigenvalue weighted by molar-refractivity contribution is 0.0642. The van der Waals surface area contributed by atoms with Gasteiger partial charge in [-0.25, -0.2) is 4.21 Å². The average Bonchev–Trinajstić information content (AvgIpc) is 2.66. The molecule has 1 unspecified atom stereocenters. The zero-order valence-corrected chi connectivity index (χ0v) is 17.0. The first-order valence-corrected chi connectivity index (χ1v) is 10.4. The highest BCUT2D eigenvalue weighted by atomic mass is 32.2. The lowest BCUT2D eigenvalue weighted by Gasteiger charge is -2.32. The molecular weight excluding hydrogens is 354 g/mol. The Hall–Kier alpha value is -2.46. The SMILES string of the molecule is CC(C)N(C(=O)c1c(S(=O)c2ccccc2)ccc2ccccc12)C(C)C. The first kappa shape index (κ1) is 19.3. The maximum Gasteiger partial charge on any atom is 0.256 e. The number of hydrogen-bond donors (Lipinski definition) is 0. The van der Waals surface area contributed by atoms with Crippen molar-refractivity contribution in [3.63, 3.8) is 0 Å². The van der Waals surface area contributed by atoms with Gasteiger partial charge in [-0.3, -0.25) is 4.79 Å². The minimum Gasteiger partial charge on any atom is -0.334 e. The quantitative estimate of drug-likeness (QED) is 0.606. The van der Waals surface area contributed by atoms with Crippen LogP contribution in [0.1, 0.15) is 38.1 Å². The molecular formula is C23H25NO2S. The number of amides is 1. The molecule has 3 nitrogen and oxygen atoms in total. The molecule has 0 radical (unpaired) electrons. The van der Waals surface area contributed by atoms with Crippen molar-refractivity contribution in [3.05, 3.63) is 72.3 Å². The smallest absolute Gasteiger partial charge is 0.256 e. The van der Waals surface area contributed by atoms with Crippen LogP contribution in [0.4, 0.5) is 0 Å². The van der Waals surface area contributed by atoms with Crippen molar-refractivity contribution in [1.29, 1.82) is 0 Å². The summed E-state index contributed by atoms with van der Waals surface area (Å²) < 4.78 is 13.3. The summed E-state index contributed by atoms with van der Waals surface area (Å²) in [6.07, 6.45) is 0. The third kappa shape index (κ3) is 3.81. The van der Waals surface area contributed by atoms with E-state index in [1.807, 2.05) is 99.3 Å². The van der Waals surface area contributed by atoms with Crippen LogP contribution in [0.15, 0.2) is 76.5 Å². The van der Waals surface area contributed by atoms with E-state index in [1.165, 1.54) is 0 Å². The predicted octanol–water partition coefficient (Wildman–Crippen LogP) is 5.27. The van der Waals surface area contributed by atoms with Crippen LogP contribution in [0.3, 0.4) is 0 Å². The zero-order chi connectivity index (χ0) is 19.6. The first-order valence-electron chi connectivity index (χ1n) is 9.23. The minimum atomic E-state index is -1.43. The summed E-state index contributed by atoms with van der Waals surface area (Å²) >= 11 is 0. The molecule has 0 saturated heterocycles. The van der Waals surface area contributed by atoms with Gasteiger partial charge in [-0.15, -0.1) is 0 Å². The molecule has 0 aliphatic rings. The second-order valence-electron chi connectivity index (χ2n) is 7.14. The van der Waals surface area contributed by atoms with E-state index in [1.54, 1.807) is 0 Å². The van der Waals surface area contributed by atoms with Crippen molar-refractivity contribution in [3.8, 4) is 0 Å². The van der Waals surface area contributed by atoms with Gasteiger partial charge in [0.2, 0.25) is 0 Å². The van der Waals surface area contributed by atoms with Gasteiger partial charge in [-0.2, -0.15) is 0 Å². The van der Waals surface area contributed by atoms with Crippen molar-refractivity contribution in [2.75, 3.05) is 0 Å². The Morgan fingerprint density at radius 1 is 0.815 bits per heavy atom. The van der Waals surface area contributed by atoms with Crippen molar-refractivity contribution >= 4 is 27.5 Å². The molecule has 0 fully saturated rings. The summed E-state index contributed by atoms with van der Waals surface area (Å²) in [5.41, 5.74) is 0.540. The van der Waals surface area contributed by atoms with E-state index in [9.17, 15) is 9.00 Å². The fraction of sp³-hybridized carbons (Fsp3) is 0.261. The molecule has 0 aliphatic carbocycles. The highest BCUT2D eigenvalue weighted by Crippen LogP contribution is 2.30. The van der Waals surface area contributed by atoms with Crippen LogP contribution < -0.4 is 0 Å². The van der Waals surface area contributed by atoms with Gasteiger partial charge in [0.25, 0.3) is 5.91 Å². The van der Waals surface area contributed by atoms with E-state index in [4.69, 9.17) is 0 Å². The molecule has 3 aromatic rings. The summed E-state index contributed by atoms with van der Waals surface area (Å²) in [5, 5.41) is 1.82. The van der Waals surface area contributed by atoms with E-state index < -0.39 is 10.8 Å². The van der Waals surface area contributed by atoms with Gasteiger partial charge in [-0.1, -0.05) is 48.5 Å². The Balaban J connectivity index is 2.25. The fourth-order valence-electron chi connectivity index (χ4n) is 3.49. The molecule has 27 heavy (non-hydrogen) atoms. The van der Waals surface area contributed by atoms with Gasteiger partial charge < -0.3 is 4.90 Å². The third-order valence-corrected chi connectivity index (χ3v) is 6.05. The molecule has 0 saturated carbocycles.